The number of rotatable bonds is 12. The lowest BCUT2D eigenvalue weighted by Gasteiger charge is -2.23. The highest BCUT2D eigenvalue weighted by atomic mass is 16.4. The Bertz CT molecular complexity index is 473. The molecule has 0 aromatic carbocycles. The first-order valence-corrected chi connectivity index (χ1v) is 9.68. The Hall–Kier alpha value is -1.37. The fourth-order valence-corrected chi connectivity index (χ4v) is 3.61. The van der Waals surface area contributed by atoms with Crippen LogP contribution in [0.2, 0.25) is 0 Å². The van der Waals surface area contributed by atoms with Crippen LogP contribution in [0.3, 0.4) is 0 Å². The van der Waals surface area contributed by atoms with Crippen LogP contribution in [0.25, 0.3) is 0 Å². The molecule has 0 spiro atoms. The molecule has 5 atom stereocenters. The molecule has 0 heterocycles. The van der Waals surface area contributed by atoms with Crippen molar-refractivity contribution in [2.24, 2.45) is 11.8 Å². The number of hydrogen-bond donors (Lipinski definition) is 5. The second kappa shape index (κ2) is 12.1. The predicted octanol–water partition coefficient (Wildman–Crippen LogP) is 2.93. The van der Waals surface area contributed by atoms with E-state index in [4.69, 9.17) is 5.11 Å². The first-order chi connectivity index (χ1) is 12.4. The van der Waals surface area contributed by atoms with E-state index >= 15 is 0 Å². The Morgan fingerprint density at radius 3 is 2.50 bits per heavy atom. The zero-order chi connectivity index (χ0) is 19.5. The number of carboxylic acid groups (broad SMARTS) is 1. The molecule has 5 unspecified atom stereocenters. The normalized spacial score (nSPS) is 27.9. The summed E-state index contributed by atoms with van der Waals surface area (Å²) in [6.45, 7) is 2.10. The van der Waals surface area contributed by atoms with Gasteiger partial charge in [-0.15, -0.1) is 0 Å². The van der Waals surface area contributed by atoms with Crippen molar-refractivity contribution >= 4 is 5.97 Å². The molecule has 1 rings (SSSR count). The molecule has 150 valence electrons. The van der Waals surface area contributed by atoms with Gasteiger partial charge in [0.25, 0.3) is 0 Å². The lowest BCUT2D eigenvalue weighted by atomic mass is 9.86. The number of unbranched alkanes of at least 4 members (excludes halogenated alkanes) is 3. The van der Waals surface area contributed by atoms with Crippen LogP contribution in [0.5, 0.6) is 0 Å². The maximum Gasteiger partial charge on any atom is 0.303 e. The number of aliphatic hydroxyl groups is 4. The Morgan fingerprint density at radius 2 is 1.85 bits per heavy atom. The molecule has 5 N–H and O–H groups in total. The third-order valence-electron chi connectivity index (χ3n) is 5.00. The topological polar surface area (TPSA) is 118 Å². The van der Waals surface area contributed by atoms with Gasteiger partial charge in [0.15, 0.2) is 0 Å². The Labute approximate surface area is 155 Å². The second-order valence-electron chi connectivity index (χ2n) is 7.21. The maximum atomic E-state index is 10.4. The van der Waals surface area contributed by atoms with Gasteiger partial charge >= 0.3 is 5.97 Å². The minimum atomic E-state index is -0.882. The largest absolute Gasteiger partial charge is 0.512 e. The molecular formula is C20H34O6. The Kier molecular flexibility index (Phi) is 10.5. The predicted molar refractivity (Wildman–Crippen MR) is 99.7 cm³/mol. The number of carbonyl (C=O) groups is 1. The minimum Gasteiger partial charge on any atom is -0.512 e. The van der Waals surface area contributed by atoms with Crippen LogP contribution >= 0.6 is 0 Å². The van der Waals surface area contributed by atoms with Gasteiger partial charge in [-0.25, -0.2) is 0 Å². The van der Waals surface area contributed by atoms with Crippen LogP contribution in [-0.4, -0.2) is 49.8 Å². The van der Waals surface area contributed by atoms with Crippen LogP contribution in [0.1, 0.15) is 64.7 Å². The Morgan fingerprint density at radius 1 is 1.12 bits per heavy atom. The first kappa shape index (κ1) is 22.7. The molecule has 0 aromatic heterocycles. The minimum absolute atomic E-state index is 0.0534. The van der Waals surface area contributed by atoms with Gasteiger partial charge in [0.2, 0.25) is 0 Å². The lowest BCUT2D eigenvalue weighted by molar-refractivity contribution is -0.137. The quantitative estimate of drug-likeness (QED) is 0.205. The summed E-state index contributed by atoms with van der Waals surface area (Å²) in [6, 6.07) is 0. The monoisotopic (exact) mass is 370 g/mol. The molecule has 0 saturated heterocycles. The molecule has 0 aromatic rings. The molecule has 0 aliphatic heterocycles. The van der Waals surface area contributed by atoms with Gasteiger partial charge in [0.1, 0.15) is 0 Å². The third kappa shape index (κ3) is 7.89. The van der Waals surface area contributed by atoms with E-state index in [9.17, 15) is 25.2 Å². The van der Waals surface area contributed by atoms with Crippen LogP contribution in [-0.2, 0) is 4.79 Å². The van der Waals surface area contributed by atoms with Crippen LogP contribution in [0.15, 0.2) is 24.0 Å². The third-order valence-corrected chi connectivity index (χ3v) is 5.00. The molecule has 1 fully saturated rings. The molecule has 1 aliphatic carbocycles. The summed E-state index contributed by atoms with van der Waals surface area (Å²) in [4.78, 5) is 10.4. The van der Waals surface area contributed by atoms with Crippen molar-refractivity contribution in [3.8, 4) is 0 Å². The van der Waals surface area contributed by atoms with Gasteiger partial charge < -0.3 is 25.5 Å². The van der Waals surface area contributed by atoms with E-state index < -0.39 is 30.2 Å². The van der Waals surface area contributed by atoms with E-state index in [1.807, 2.05) is 6.08 Å². The second-order valence-corrected chi connectivity index (χ2v) is 7.21. The van der Waals surface area contributed by atoms with Crippen molar-refractivity contribution in [1.29, 1.82) is 0 Å². The van der Waals surface area contributed by atoms with E-state index in [0.29, 0.717) is 19.3 Å². The average molecular weight is 370 g/mol. The lowest BCUT2D eigenvalue weighted by Crippen LogP contribution is -2.25. The summed E-state index contributed by atoms with van der Waals surface area (Å²) in [5.41, 5.74) is 0. The Balaban J connectivity index is 2.53. The van der Waals surface area contributed by atoms with Crippen molar-refractivity contribution in [2.45, 2.75) is 83.0 Å². The number of aliphatic carboxylic acids is 1. The number of hydrogen-bond acceptors (Lipinski definition) is 5. The van der Waals surface area contributed by atoms with Gasteiger partial charge in [0, 0.05) is 18.8 Å². The SMILES string of the molecule is CCCCCC1C(O)CC(O)C1/C(O)=C/C(O)C/C=C/CCCC(=O)O. The van der Waals surface area contributed by atoms with Gasteiger partial charge in [-0.2, -0.15) is 0 Å². The van der Waals surface area contributed by atoms with Gasteiger partial charge in [-0.3, -0.25) is 4.79 Å². The van der Waals surface area contributed by atoms with E-state index in [1.54, 1.807) is 6.08 Å². The summed E-state index contributed by atoms with van der Waals surface area (Å²) in [5, 5.41) is 49.3. The number of aliphatic hydroxyl groups excluding tert-OH is 4. The van der Waals surface area contributed by atoms with Crippen molar-refractivity contribution in [2.75, 3.05) is 0 Å². The molecule has 26 heavy (non-hydrogen) atoms. The van der Waals surface area contributed by atoms with Crippen molar-refractivity contribution in [1.82, 2.24) is 0 Å². The summed E-state index contributed by atoms with van der Waals surface area (Å²) < 4.78 is 0. The molecule has 1 aliphatic rings. The maximum absolute atomic E-state index is 10.4. The van der Waals surface area contributed by atoms with Gasteiger partial charge in [-0.1, -0.05) is 38.3 Å². The van der Waals surface area contributed by atoms with E-state index in [1.165, 1.54) is 6.08 Å². The average Bonchev–Trinajstić information content (AvgIpc) is 2.84. The summed E-state index contributed by atoms with van der Waals surface area (Å²) in [6.07, 6.45) is 8.26. The first-order valence-electron chi connectivity index (χ1n) is 9.68. The number of allylic oxidation sites excluding steroid dienone is 1. The molecular weight excluding hydrogens is 336 g/mol. The van der Waals surface area contributed by atoms with Crippen LogP contribution < -0.4 is 0 Å². The fraction of sp³-hybridized carbons (Fsp3) is 0.750. The number of carboxylic acids is 1. The van der Waals surface area contributed by atoms with Crippen LogP contribution in [0, 0.1) is 11.8 Å². The molecule has 0 radical (unpaired) electrons. The highest BCUT2D eigenvalue weighted by Gasteiger charge is 2.43. The highest BCUT2D eigenvalue weighted by Crippen LogP contribution is 2.39. The van der Waals surface area contributed by atoms with Crippen molar-refractivity contribution in [3.63, 3.8) is 0 Å². The van der Waals surface area contributed by atoms with E-state index in [-0.39, 0.29) is 24.5 Å². The fourth-order valence-electron chi connectivity index (χ4n) is 3.61. The molecule has 6 heteroatoms. The smallest absolute Gasteiger partial charge is 0.303 e. The van der Waals surface area contributed by atoms with E-state index in [2.05, 4.69) is 6.92 Å². The summed E-state index contributed by atoms with van der Waals surface area (Å²) in [5.74, 6) is -1.60. The zero-order valence-corrected chi connectivity index (χ0v) is 15.6. The molecule has 1 saturated carbocycles. The van der Waals surface area contributed by atoms with Gasteiger partial charge in [-0.05, 0) is 37.7 Å². The summed E-state index contributed by atoms with van der Waals surface area (Å²) >= 11 is 0. The zero-order valence-electron chi connectivity index (χ0n) is 15.6. The molecule has 0 bridgehead atoms. The standard InChI is InChI=1S/C20H34O6/c1-2-3-6-10-15-16(22)13-18(24)20(15)17(23)12-14(21)9-7-4-5-8-11-19(25)26/h4,7,12,14-16,18,20-24H,2-3,5-6,8-11,13H2,1H3,(H,25,26)/b7-4+,17-12-. The van der Waals surface area contributed by atoms with E-state index in [0.717, 1.165) is 25.7 Å². The molecule has 6 nitrogen and oxygen atoms in total. The van der Waals surface area contributed by atoms with Gasteiger partial charge in [0.05, 0.1) is 24.1 Å². The van der Waals surface area contributed by atoms with Crippen molar-refractivity contribution < 1.29 is 30.3 Å². The summed E-state index contributed by atoms with van der Waals surface area (Å²) in [7, 11) is 0. The van der Waals surface area contributed by atoms with Crippen molar-refractivity contribution in [3.05, 3.63) is 24.0 Å². The molecule has 0 amide bonds. The van der Waals surface area contributed by atoms with Crippen LogP contribution in [0.4, 0.5) is 0 Å². The highest BCUT2D eigenvalue weighted by molar-refractivity contribution is 5.66.